The molecular formula is C21H22F2N2O. The topological polar surface area (TPSA) is 32.3 Å². The summed E-state index contributed by atoms with van der Waals surface area (Å²) in [5, 5.41) is 3.32. The lowest BCUT2D eigenvalue weighted by Crippen LogP contribution is -2.42. The molecule has 0 bridgehead atoms. The van der Waals surface area contributed by atoms with Gasteiger partial charge in [0.15, 0.2) is 0 Å². The maximum Gasteiger partial charge on any atom is 0.239 e. The summed E-state index contributed by atoms with van der Waals surface area (Å²) in [6.45, 7) is 2.15. The van der Waals surface area contributed by atoms with E-state index in [0.29, 0.717) is 6.54 Å². The Labute approximate surface area is 152 Å². The summed E-state index contributed by atoms with van der Waals surface area (Å²) >= 11 is 0. The zero-order chi connectivity index (χ0) is 18.1. The summed E-state index contributed by atoms with van der Waals surface area (Å²) in [6.07, 6.45) is 1.65. The van der Waals surface area contributed by atoms with Gasteiger partial charge in [0.25, 0.3) is 0 Å². The third-order valence-corrected chi connectivity index (χ3v) is 5.61. The van der Waals surface area contributed by atoms with Crippen molar-refractivity contribution in [3.8, 4) is 0 Å². The van der Waals surface area contributed by atoms with Gasteiger partial charge in [0, 0.05) is 25.6 Å². The lowest BCUT2D eigenvalue weighted by molar-refractivity contribution is -0.132. The van der Waals surface area contributed by atoms with E-state index in [0.717, 1.165) is 37.1 Å². The van der Waals surface area contributed by atoms with E-state index in [1.807, 2.05) is 17.0 Å². The molecule has 0 aliphatic carbocycles. The van der Waals surface area contributed by atoms with Crippen LogP contribution in [0.3, 0.4) is 0 Å². The largest absolute Gasteiger partial charge is 0.341 e. The molecule has 5 heteroatoms. The average molecular weight is 356 g/mol. The number of amides is 1. The Balaban J connectivity index is 1.36. The first kappa shape index (κ1) is 17.2. The Hall–Kier alpha value is -2.27. The molecule has 26 heavy (non-hydrogen) atoms. The standard InChI is InChI=1S/C21H22F2N2O/c22-18-5-1-14(2-6-18)16-9-10-25(13-16)21(26)20-11-17(12-24-20)15-3-7-19(23)8-4-15/h1-8,16-17,20,24H,9-13H2/t16-,17-,20-/m0/s1. The molecule has 2 aromatic carbocycles. The number of carbonyl (C=O) groups excluding carboxylic acids is 1. The molecule has 0 radical (unpaired) electrons. The lowest BCUT2D eigenvalue weighted by atomic mass is 9.96. The molecule has 136 valence electrons. The fourth-order valence-corrected chi connectivity index (χ4v) is 4.10. The zero-order valence-electron chi connectivity index (χ0n) is 14.5. The molecule has 2 aromatic rings. The van der Waals surface area contributed by atoms with Crippen LogP contribution < -0.4 is 5.32 Å². The Morgan fingerprint density at radius 2 is 1.50 bits per heavy atom. The van der Waals surface area contributed by atoms with Gasteiger partial charge in [0.1, 0.15) is 11.6 Å². The molecule has 1 N–H and O–H groups in total. The summed E-state index contributed by atoms with van der Waals surface area (Å²) in [5.41, 5.74) is 2.16. The normalized spacial score (nSPS) is 25.6. The van der Waals surface area contributed by atoms with Crippen LogP contribution in [0.4, 0.5) is 8.78 Å². The van der Waals surface area contributed by atoms with Crippen LogP contribution in [0, 0.1) is 11.6 Å². The summed E-state index contributed by atoms with van der Waals surface area (Å²) in [5.74, 6) is 0.172. The second kappa shape index (κ2) is 7.16. The van der Waals surface area contributed by atoms with Gasteiger partial charge in [-0.2, -0.15) is 0 Å². The van der Waals surface area contributed by atoms with Crippen LogP contribution in [0.1, 0.15) is 35.8 Å². The highest BCUT2D eigenvalue weighted by molar-refractivity contribution is 5.82. The summed E-state index contributed by atoms with van der Waals surface area (Å²) < 4.78 is 26.2. The predicted molar refractivity (Wildman–Crippen MR) is 95.9 cm³/mol. The van der Waals surface area contributed by atoms with Crippen molar-refractivity contribution in [1.82, 2.24) is 10.2 Å². The monoisotopic (exact) mass is 356 g/mol. The average Bonchev–Trinajstić information content (AvgIpc) is 3.32. The molecule has 2 aliphatic heterocycles. The van der Waals surface area contributed by atoms with Crippen molar-refractivity contribution in [3.05, 3.63) is 71.3 Å². The van der Waals surface area contributed by atoms with E-state index in [4.69, 9.17) is 0 Å². The number of halogens is 2. The fraction of sp³-hybridized carbons (Fsp3) is 0.381. The summed E-state index contributed by atoms with van der Waals surface area (Å²) in [4.78, 5) is 14.8. The highest BCUT2D eigenvalue weighted by atomic mass is 19.1. The van der Waals surface area contributed by atoms with E-state index in [1.165, 1.54) is 24.3 Å². The number of benzene rings is 2. The van der Waals surface area contributed by atoms with Gasteiger partial charge in [0.2, 0.25) is 5.91 Å². The Morgan fingerprint density at radius 3 is 2.12 bits per heavy atom. The van der Waals surface area contributed by atoms with Crippen LogP contribution in [0.5, 0.6) is 0 Å². The number of hydrogen-bond acceptors (Lipinski definition) is 2. The Kier molecular flexibility index (Phi) is 4.72. The van der Waals surface area contributed by atoms with Crippen molar-refractivity contribution < 1.29 is 13.6 Å². The number of carbonyl (C=O) groups is 1. The molecule has 0 aromatic heterocycles. The molecule has 1 amide bonds. The number of nitrogens with zero attached hydrogens (tertiary/aromatic N) is 1. The van der Waals surface area contributed by atoms with Crippen molar-refractivity contribution in [3.63, 3.8) is 0 Å². The first-order valence-electron chi connectivity index (χ1n) is 9.13. The SMILES string of the molecule is O=C([C@@H]1C[C@H](c2ccc(F)cc2)CN1)N1CC[C@H](c2ccc(F)cc2)C1. The van der Waals surface area contributed by atoms with Crippen LogP contribution in [0.25, 0.3) is 0 Å². The van der Waals surface area contributed by atoms with Crippen LogP contribution in [-0.4, -0.2) is 36.5 Å². The van der Waals surface area contributed by atoms with Crippen molar-refractivity contribution in [2.24, 2.45) is 0 Å². The number of rotatable bonds is 3. The van der Waals surface area contributed by atoms with E-state index >= 15 is 0 Å². The van der Waals surface area contributed by atoms with Crippen molar-refractivity contribution in [2.45, 2.75) is 30.7 Å². The van der Waals surface area contributed by atoms with Crippen LogP contribution in [0.2, 0.25) is 0 Å². The molecule has 2 heterocycles. The minimum Gasteiger partial charge on any atom is -0.341 e. The Bertz CT molecular complexity index is 710. The molecule has 4 rings (SSSR count). The maximum atomic E-state index is 13.1. The molecule has 3 nitrogen and oxygen atoms in total. The lowest BCUT2D eigenvalue weighted by Gasteiger charge is -2.21. The summed E-state index contributed by atoms with van der Waals surface area (Å²) in [7, 11) is 0. The molecule has 0 unspecified atom stereocenters. The Morgan fingerprint density at radius 1 is 0.923 bits per heavy atom. The molecule has 2 saturated heterocycles. The number of hydrogen-bond donors (Lipinski definition) is 1. The second-order valence-electron chi connectivity index (χ2n) is 7.27. The molecule has 0 saturated carbocycles. The van der Waals surface area contributed by atoms with Gasteiger partial charge in [-0.05, 0) is 54.2 Å². The van der Waals surface area contributed by atoms with Gasteiger partial charge in [-0.25, -0.2) is 8.78 Å². The highest BCUT2D eigenvalue weighted by Gasteiger charge is 2.36. The van der Waals surface area contributed by atoms with Gasteiger partial charge in [-0.1, -0.05) is 24.3 Å². The van der Waals surface area contributed by atoms with E-state index in [1.54, 1.807) is 12.1 Å². The van der Waals surface area contributed by atoms with Gasteiger partial charge in [-0.15, -0.1) is 0 Å². The van der Waals surface area contributed by atoms with Crippen molar-refractivity contribution in [1.29, 1.82) is 0 Å². The van der Waals surface area contributed by atoms with E-state index < -0.39 is 0 Å². The van der Waals surface area contributed by atoms with Crippen LogP contribution in [-0.2, 0) is 4.79 Å². The molecule has 3 atom stereocenters. The predicted octanol–water partition coefficient (Wildman–Crippen LogP) is 3.43. The van der Waals surface area contributed by atoms with E-state index in [9.17, 15) is 13.6 Å². The first-order valence-corrected chi connectivity index (χ1v) is 9.13. The van der Waals surface area contributed by atoms with Gasteiger partial charge in [-0.3, -0.25) is 4.79 Å². The third-order valence-electron chi connectivity index (χ3n) is 5.61. The van der Waals surface area contributed by atoms with Crippen LogP contribution in [0.15, 0.2) is 48.5 Å². The zero-order valence-corrected chi connectivity index (χ0v) is 14.5. The molecular weight excluding hydrogens is 334 g/mol. The van der Waals surface area contributed by atoms with Crippen LogP contribution >= 0.6 is 0 Å². The minimum absolute atomic E-state index is 0.138. The quantitative estimate of drug-likeness (QED) is 0.914. The number of likely N-dealkylation sites (tertiary alicyclic amines) is 1. The second-order valence-corrected chi connectivity index (χ2v) is 7.27. The van der Waals surface area contributed by atoms with Crippen molar-refractivity contribution in [2.75, 3.05) is 19.6 Å². The maximum absolute atomic E-state index is 13.1. The third kappa shape index (κ3) is 3.49. The molecule has 2 aliphatic rings. The number of nitrogens with one attached hydrogen (secondary N) is 1. The van der Waals surface area contributed by atoms with Crippen molar-refractivity contribution >= 4 is 5.91 Å². The van der Waals surface area contributed by atoms with Gasteiger partial charge in [0.05, 0.1) is 6.04 Å². The van der Waals surface area contributed by atoms with E-state index in [2.05, 4.69) is 5.32 Å². The molecule has 0 spiro atoms. The van der Waals surface area contributed by atoms with Gasteiger partial charge < -0.3 is 10.2 Å². The fourth-order valence-electron chi connectivity index (χ4n) is 4.10. The minimum atomic E-state index is -0.240. The van der Waals surface area contributed by atoms with E-state index in [-0.39, 0.29) is 35.4 Å². The first-order chi connectivity index (χ1) is 12.6. The smallest absolute Gasteiger partial charge is 0.239 e. The summed E-state index contributed by atoms with van der Waals surface area (Å²) in [6, 6.07) is 12.9. The molecule has 2 fully saturated rings. The highest BCUT2D eigenvalue weighted by Crippen LogP contribution is 2.31. The van der Waals surface area contributed by atoms with Gasteiger partial charge >= 0.3 is 0 Å².